The van der Waals surface area contributed by atoms with Gasteiger partial charge in [-0.05, 0) is 24.6 Å². The van der Waals surface area contributed by atoms with Gasteiger partial charge < -0.3 is 9.84 Å². The van der Waals surface area contributed by atoms with Gasteiger partial charge in [0.25, 0.3) is 0 Å². The Morgan fingerprint density at radius 2 is 2.04 bits per heavy atom. The van der Waals surface area contributed by atoms with Gasteiger partial charge in [-0.2, -0.15) is 10.1 Å². The van der Waals surface area contributed by atoms with Gasteiger partial charge in [-0.15, -0.1) is 0 Å². The third-order valence-corrected chi connectivity index (χ3v) is 4.76. The lowest BCUT2D eigenvalue weighted by atomic mass is 9.89. The van der Waals surface area contributed by atoms with Gasteiger partial charge in [0.05, 0.1) is 17.7 Å². The standard InChI is InChI=1S/C17H18FN5O/c1-10-12(9-20-23(10)2)13-7-19-8-14(13)17-21-16(22-24-17)11-5-3-4-6-15(11)18/h3-6,9,13-14,19H,7-8H2,1-2H3/t13-,14+/m0/s1. The van der Waals surface area contributed by atoms with Gasteiger partial charge >= 0.3 is 0 Å². The Hall–Kier alpha value is -2.54. The Balaban J connectivity index is 1.66. The molecule has 2 aromatic heterocycles. The predicted molar refractivity (Wildman–Crippen MR) is 86.0 cm³/mol. The molecule has 1 aliphatic heterocycles. The van der Waals surface area contributed by atoms with E-state index in [9.17, 15) is 4.39 Å². The second kappa shape index (κ2) is 5.83. The molecule has 1 N–H and O–H groups in total. The van der Waals surface area contributed by atoms with Crippen molar-refractivity contribution in [2.45, 2.75) is 18.8 Å². The van der Waals surface area contributed by atoms with E-state index in [-0.39, 0.29) is 23.5 Å². The molecule has 124 valence electrons. The number of rotatable bonds is 3. The Morgan fingerprint density at radius 1 is 1.25 bits per heavy atom. The number of aromatic nitrogens is 4. The summed E-state index contributed by atoms with van der Waals surface area (Å²) < 4.78 is 21.2. The summed E-state index contributed by atoms with van der Waals surface area (Å²) >= 11 is 0. The van der Waals surface area contributed by atoms with Gasteiger partial charge in [-0.25, -0.2) is 4.39 Å². The Labute approximate surface area is 138 Å². The van der Waals surface area contributed by atoms with E-state index in [1.165, 1.54) is 11.6 Å². The first-order chi connectivity index (χ1) is 11.6. The van der Waals surface area contributed by atoms with Crippen LogP contribution in [0.15, 0.2) is 35.0 Å². The third-order valence-electron chi connectivity index (χ3n) is 4.76. The molecule has 0 radical (unpaired) electrons. The molecule has 0 unspecified atom stereocenters. The Morgan fingerprint density at radius 3 is 2.79 bits per heavy atom. The zero-order valence-corrected chi connectivity index (χ0v) is 13.5. The van der Waals surface area contributed by atoms with Crippen LogP contribution in [0.3, 0.4) is 0 Å². The minimum Gasteiger partial charge on any atom is -0.339 e. The minimum absolute atomic E-state index is 0.0564. The van der Waals surface area contributed by atoms with E-state index in [0.29, 0.717) is 11.5 Å². The van der Waals surface area contributed by atoms with Crippen molar-refractivity contribution in [1.29, 1.82) is 0 Å². The lowest BCUT2D eigenvalue weighted by Crippen LogP contribution is -2.10. The molecular weight excluding hydrogens is 309 g/mol. The minimum atomic E-state index is -0.353. The summed E-state index contributed by atoms with van der Waals surface area (Å²) in [6, 6.07) is 6.44. The van der Waals surface area contributed by atoms with Gasteiger partial charge in [0.1, 0.15) is 5.82 Å². The maximum absolute atomic E-state index is 13.9. The Bertz CT molecular complexity index is 872. The van der Waals surface area contributed by atoms with E-state index >= 15 is 0 Å². The van der Waals surface area contributed by atoms with Gasteiger partial charge in [0.2, 0.25) is 11.7 Å². The van der Waals surface area contributed by atoms with Crippen LogP contribution in [0.1, 0.15) is 29.0 Å². The first kappa shape index (κ1) is 15.0. The molecule has 0 saturated carbocycles. The average molecular weight is 327 g/mol. The zero-order valence-electron chi connectivity index (χ0n) is 13.5. The fraction of sp³-hybridized carbons (Fsp3) is 0.353. The lowest BCUT2D eigenvalue weighted by molar-refractivity contribution is 0.351. The van der Waals surface area contributed by atoms with Gasteiger partial charge in [0.15, 0.2) is 0 Å². The molecule has 4 rings (SSSR count). The molecule has 3 aromatic rings. The third kappa shape index (κ3) is 2.41. The Kier molecular flexibility index (Phi) is 3.65. The summed E-state index contributed by atoms with van der Waals surface area (Å²) in [5.41, 5.74) is 2.66. The van der Waals surface area contributed by atoms with Crippen molar-refractivity contribution in [3.8, 4) is 11.4 Å². The molecular formula is C17H18FN5O. The summed E-state index contributed by atoms with van der Waals surface area (Å²) in [6.07, 6.45) is 1.90. The number of aryl methyl sites for hydroxylation is 1. The highest BCUT2D eigenvalue weighted by Gasteiger charge is 2.35. The van der Waals surface area contributed by atoms with Crippen molar-refractivity contribution in [3.63, 3.8) is 0 Å². The number of hydrogen-bond acceptors (Lipinski definition) is 5. The lowest BCUT2D eigenvalue weighted by Gasteiger charge is -2.14. The molecule has 0 bridgehead atoms. The summed E-state index contributed by atoms with van der Waals surface area (Å²) in [6.45, 7) is 3.63. The number of hydrogen-bond donors (Lipinski definition) is 1. The van der Waals surface area contributed by atoms with Crippen molar-refractivity contribution in [2.75, 3.05) is 13.1 Å². The highest BCUT2D eigenvalue weighted by molar-refractivity contribution is 5.54. The van der Waals surface area contributed by atoms with E-state index in [1.54, 1.807) is 18.2 Å². The van der Waals surface area contributed by atoms with Crippen LogP contribution in [0.25, 0.3) is 11.4 Å². The molecule has 0 amide bonds. The molecule has 0 aliphatic carbocycles. The second-order valence-corrected chi connectivity index (χ2v) is 6.12. The highest BCUT2D eigenvalue weighted by Crippen LogP contribution is 2.37. The van der Waals surface area contributed by atoms with Crippen molar-refractivity contribution in [2.24, 2.45) is 7.05 Å². The number of nitrogens with zero attached hydrogens (tertiary/aromatic N) is 4. The molecule has 1 saturated heterocycles. The summed E-state index contributed by atoms with van der Waals surface area (Å²) in [5.74, 6) is 0.741. The van der Waals surface area contributed by atoms with E-state index in [1.807, 2.05) is 17.9 Å². The first-order valence-electron chi connectivity index (χ1n) is 7.93. The normalized spacial score (nSPS) is 20.6. The van der Waals surface area contributed by atoms with Crippen LogP contribution in [-0.4, -0.2) is 33.0 Å². The number of nitrogens with one attached hydrogen (secondary N) is 1. The second-order valence-electron chi connectivity index (χ2n) is 6.12. The molecule has 0 spiro atoms. The number of halogens is 1. The van der Waals surface area contributed by atoms with Crippen LogP contribution in [0.5, 0.6) is 0 Å². The van der Waals surface area contributed by atoms with E-state index < -0.39 is 0 Å². The predicted octanol–water partition coefficient (Wildman–Crippen LogP) is 2.39. The fourth-order valence-corrected chi connectivity index (χ4v) is 3.28. The summed E-state index contributed by atoms with van der Waals surface area (Å²) in [7, 11) is 1.93. The molecule has 6 nitrogen and oxygen atoms in total. The first-order valence-corrected chi connectivity index (χ1v) is 7.93. The van der Waals surface area contributed by atoms with Crippen molar-refractivity contribution in [3.05, 3.63) is 53.4 Å². The molecule has 1 aromatic carbocycles. The van der Waals surface area contributed by atoms with Crippen molar-refractivity contribution in [1.82, 2.24) is 25.2 Å². The van der Waals surface area contributed by atoms with Crippen LogP contribution in [0.4, 0.5) is 4.39 Å². The van der Waals surface area contributed by atoms with Crippen molar-refractivity contribution >= 4 is 0 Å². The number of benzene rings is 1. The summed E-state index contributed by atoms with van der Waals surface area (Å²) in [4.78, 5) is 4.45. The molecule has 24 heavy (non-hydrogen) atoms. The zero-order chi connectivity index (χ0) is 16.7. The highest BCUT2D eigenvalue weighted by atomic mass is 19.1. The smallest absolute Gasteiger partial charge is 0.232 e. The SMILES string of the molecule is Cc1c([C@@H]2CNC[C@H]2c2nc(-c3ccccc3F)no2)cnn1C. The molecule has 1 fully saturated rings. The monoisotopic (exact) mass is 327 g/mol. The molecule has 7 heteroatoms. The maximum Gasteiger partial charge on any atom is 0.232 e. The van der Waals surface area contributed by atoms with Crippen LogP contribution in [0.2, 0.25) is 0 Å². The van der Waals surface area contributed by atoms with Crippen molar-refractivity contribution < 1.29 is 8.91 Å². The maximum atomic E-state index is 13.9. The summed E-state index contributed by atoms with van der Waals surface area (Å²) in [5, 5.41) is 11.7. The quantitative estimate of drug-likeness (QED) is 0.800. The van der Waals surface area contributed by atoms with Crippen LogP contribution in [-0.2, 0) is 7.05 Å². The largest absolute Gasteiger partial charge is 0.339 e. The molecule has 2 atom stereocenters. The van der Waals surface area contributed by atoms with Crippen LogP contribution < -0.4 is 5.32 Å². The van der Waals surface area contributed by atoms with E-state index in [2.05, 4.69) is 27.5 Å². The molecule has 3 heterocycles. The van der Waals surface area contributed by atoms with Gasteiger partial charge in [0, 0.05) is 31.7 Å². The fourth-order valence-electron chi connectivity index (χ4n) is 3.28. The van der Waals surface area contributed by atoms with Crippen LogP contribution in [0, 0.1) is 12.7 Å². The topological polar surface area (TPSA) is 68.8 Å². The van der Waals surface area contributed by atoms with E-state index in [4.69, 9.17) is 4.52 Å². The van der Waals surface area contributed by atoms with Gasteiger partial charge in [-0.1, -0.05) is 17.3 Å². The van der Waals surface area contributed by atoms with E-state index in [0.717, 1.165) is 18.8 Å². The van der Waals surface area contributed by atoms with Crippen LogP contribution >= 0.6 is 0 Å². The average Bonchev–Trinajstić information content (AvgIpc) is 3.29. The van der Waals surface area contributed by atoms with Gasteiger partial charge in [-0.3, -0.25) is 4.68 Å². The molecule has 1 aliphatic rings.